The molecule has 154 valence electrons. The van der Waals surface area contributed by atoms with Gasteiger partial charge in [-0.1, -0.05) is 11.3 Å². The summed E-state index contributed by atoms with van der Waals surface area (Å²) >= 11 is 0. The average molecular weight is 406 g/mol. The fourth-order valence-corrected chi connectivity index (χ4v) is 3.95. The zero-order valence-electron chi connectivity index (χ0n) is 17.0. The molecule has 10 nitrogen and oxygen atoms in total. The van der Waals surface area contributed by atoms with E-state index in [0.29, 0.717) is 30.4 Å². The van der Waals surface area contributed by atoms with Crippen LogP contribution in [0.1, 0.15) is 12.8 Å². The van der Waals surface area contributed by atoms with Crippen molar-refractivity contribution in [2.24, 2.45) is 7.05 Å². The molecular weight excluding hydrogens is 384 g/mol. The van der Waals surface area contributed by atoms with E-state index in [1.54, 1.807) is 16.7 Å². The Balaban J connectivity index is 1.52. The van der Waals surface area contributed by atoms with Gasteiger partial charge in [0.2, 0.25) is 17.7 Å². The lowest BCUT2D eigenvalue weighted by atomic mass is 10.1. The van der Waals surface area contributed by atoms with Crippen LogP contribution in [0.4, 0.5) is 5.95 Å². The van der Waals surface area contributed by atoms with Crippen LogP contribution in [-0.2, 0) is 11.8 Å². The molecule has 1 fully saturated rings. The third-order valence-corrected chi connectivity index (χ3v) is 5.57. The van der Waals surface area contributed by atoms with Crippen molar-refractivity contribution < 1.29 is 9.53 Å². The van der Waals surface area contributed by atoms with E-state index in [-0.39, 0.29) is 11.9 Å². The zero-order valence-corrected chi connectivity index (χ0v) is 17.0. The van der Waals surface area contributed by atoms with E-state index in [1.165, 1.54) is 0 Å². The molecular formula is C20H22N8O2. The molecule has 5 rings (SSSR count). The van der Waals surface area contributed by atoms with Crippen LogP contribution < -0.4 is 10.1 Å². The van der Waals surface area contributed by atoms with Gasteiger partial charge >= 0.3 is 0 Å². The van der Waals surface area contributed by atoms with Crippen molar-refractivity contribution in [1.82, 2.24) is 34.8 Å². The average Bonchev–Trinajstić information content (AvgIpc) is 3.34. The molecule has 4 heterocycles. The van der Waals surface area contributed by atoms with E-state index >= 15 is 0 Å². The standard InChI is InChI=1S/C20H22N8O2/c1-27-10-12(5-7-16(27)29)22-20-23-18-17(19(24-20)30-3)13(9-21-18)11-4-6-14-15(8-11)28(2)26-25-14/h4,6,8-9,12H,5,7,10H2,1-3H3,(H2,21,22,23,24). The molecule has 0 spiro atoms. The Morgan fingerprint density at radius 2 is 2.13 bits per heavy atom. The number of nitrogens with one attached hydrogen (secondary N) is 2. The predicted molar refractivity (Wildman–Crippen MR) is 112 cm³/mol. The van der Waals surface area contributed by atoms with Crippen LogP contribution in [0.2, 0.25) is 0 Å². The number of nitrogens with zero attached hydrogens (tertiary/aromatic N) is 6. The molecule has 4 aromatic rings. The molecule has 1 saturated heterocycles. The number of aromatic nitrogens is 6. The normalized spacial score (nSPS) is 17.1. The lowest BCUT2D eigenvalue weighted by Gasteiger charge is -2.30. The Hall–Kier alpha value is -3.69. The van der Waals surface area contributed by atoms with Crippen molar-refractivity contribution in [3.63, 3.8) is 0 Å². The molecule has 30 heavy (non-hydrogen) atoms. The lowest BCUT2D eigenvalue weighted by molar-refractivity contribution is -0.132. The number of methoxy groups -OCH3 is 1. The summed E-state index contributed by atoms with van der Waals surface area (Å²) in [6.45, 7) is 0.622. The van der Waals surface area contributed by atoms with E-state index < -0.39 is 0 Å². The van der Waals surface area contributed by atoms with Crippen LogP contribution in [0.5, 0.6) is 5.88 Å². The van der Waals surface area contributed by atoms with Crippen molar-refractivity contribution >= 4 is 33.9 Å². The number of benzene rings is 1. The van der Waals surface area contributed by atoms with E-state index in [1.807, 2.05) is 38.5 Å². The maximum absolute atomic E-state index is 11.7. The molecule has 0 saturated carbocycles. The van der Waals surface area contributed by atoms with Gasteiger partial charge in [0.1, 0.15) is 11.2 Å². The molecule has 1 unspecified atom stereocenters. The molecule has 3 aromatic heterocycles. The van der Waals surface area contributed by atoms with Gasteiger partial charge in [0.15, 0.2) is 0 Å². The number of carbonyl (C=O) groups is 1. The Bertz CT molecular complexity index is 1260. The van der Waals surface area contributed by atoms with Gasteiger partial charge in [-0.3, -0.25) is 4.79 Å². The van der Waals surface area contributed by atoms with E-state index in [9.17, 15) is 4.79 Å². The first-order valence-corrected chi connectivity index (χ1v) is 9.77. The number of H-pyrrole nitrogens is 1. The molecule has 0 bridgehead atoms. The minimum atomic E-state index is 0.101. The van der Waals surface area contributed by atoms with E-state index in [0.717, 1.165) is 34.0 Å². The maximum atomic E-state index is 11.7. The number of aryl methyl sites for hydroxylation is 1. The van der Waals surface area contributed by atoms with Gasteiger partial charge in [0, 0.05) is 44.9 Å². The topological polar surface area (TPSA) is 114 Å². The van der Waals surface area contributed by atoms with Crippen molar-refractivity contribution in [3.8, 4) is 17.0 Å². The summed E-state index contributed by atoms with van der Waals surface area (Å²) in [4.78, 5) is 25.9. The van der Waals surface area contributed by atoms with Gasteiger partial charge in [-0.25, -0.2) is 4.68 Å². The molecule has 1 aliphatic rings. The summed E-state index contributed by atoms with van der Waals surface area (Å²) in [5.74, 6) is 1.13. The van der Waals surface area contributed by atoms with Crippen molar-refractivity contribution in [1.29, 1.82) is 0 Å². The number of carbonyl (C=O) groups excluding carboxylic acids is 1. The highest BCUT2D eigenvalue weighted by molar-refractivity contribution is 5.99. The smallest absolute Gasteiger partial charge is 0.228 e. The first-order valence-electron chi connectivity index (χ1n) is 9.77. The van der Waals surface area contributed by atoms with Crippen LogP contribution in [0.3, 0.4) is 0 Å². The number of ether oxygens (including phenoxy) is 1. The van der Waals surface area contributed by atoms with Crippen LogP contribution >= 0.6 is 0 Å². The summed E-state index contributed by atoms with van der Waals surface area (Å²) in [6, 6.07) is 6.09. The first kappa shape index (κ1) is 18.3. The number of amides is 1. The number of hydrogen-bond donors (Lipinski definition) is 2. The van der Waals surface area contributed by atoms with Gasteiger partial charge in [-0.2, -0.15) is 9.97 Å². The molecule has 1 amide bonds. The van der Waals surface area contributed by atoms with Crippen LogP contribution in [0, 0.1) is 0 Å². The molecule has 2 N–H and O–H groups in total. The fraction of sp³-hybridized carbons (Fsp3) is 0.350. The zero-order chi connectivity index (χ0) is 20.8. The lowest BCUT2D eigenvalue weighted by Crippen LogP contribution is -2.43. The fourth-order valence-electron chi connectivity index (χ4n) is 3.95. The summed E-state index contributed by atoms with van der Waals surface area (Å²) in [5.41, 5.74) is 4.40. The molecule has 1 aromatic carbocycles. The maximum Gasteiger partial charge on any atom is 0.228 e. The minimum absolute atomic E-state index is 0.101. The number of anilines is 1. The highest BCUT2D eigenvalue weighted by atomic mass is 16.5. The number of piperidine rings is 1. The molecule has 10 heteroatoms. The third-order valence-electron chi connectivity index (χ3n) is 5.57. The van der Waals surface area contributed by atoms with Gasteiger partial charge < -0.3 is 19.9 Å². The second kappa shape index (κ2) is 6.97. The van der Waals surface area contributed by atoms with Crippen LogP contribution in [-0.4, -0.2) is 67.5 Å². The van der Waals surface area contributed by atoms with Gasteiger partial charge in [-0.15, -0.1) is 5.10 Å². The van der Waals surface area contributed by atoms with Crippen molar-refractivity contribution in [2.45, 2.75) is 18.9 Å². The Morgan fingerprint density at radius 3 is 2.93 bits per heavy atom. The SMILES string of the molecule is COc1nc(NC2CCC(=O)N(C)C2)nc2[nH]cc(-c3ccc4nnn(C)c4c3)c12. The van der Waals surface area contributed by atoms with Crippen LogP contribution in [0.25, 0.3) is 33.2 Å². The number of fused-ring (bicyclic) bond motifs is 2. The van der Waals surface area contributed by atoms with Crippen molar-refractivity contribution in [2.75, 3.05) is 26.0 Å². The molecule has 1 aliphatic heterocycles. The van der Waals surface area contributed by atoms with E-state index in [4.69, 9.17) is 4.74 Å². The number of likely N-dealkylation sites (tertiary alicyclic amines) is 1. The largest absolute Gasteiger partial charge is 0.480 e. The minimum Gasteiger partial charge on any atom is -0.480 e. The second-order valence-electron chi connectivity index (χ2n) is 7.55. The third kappa shape index (κ3) is 3.00. The number of likely N-dealkylation sites (N-methyl/N-ethyl adjacent to an activating group) is 1. The Kier molecular flexibility index (Phi) is 4.27. The highest BCUT2D eigenvalue weighted by Gasteiger charge is 2.24. The highest BCUT2D eigenvalue weighted by Crippen LogP contribution is 2.35. The monoisotopic (exact) mass is 406 g/mol. The second-order valence-corrected chi connectivity index (χ2v) is 7.55. The number of aromatic amines is 1. The van der Waals surface area contributed by atoms with E-state index in [2.05, 4.69) is 30.6 Å². The summed E-state index contributed by atoms with van der Waals surface area (Å²) in [6.07, 6.45) is 3.18. The number of rotatable bonds is 4. The van der Waals surface area contributed by atoms with Crippen molar-refractivity contribution in [3.05, 3.63) is 24.4 Å². The molecule has 1 atom stereocenters. The van der Waals surface area contributed by atoms with Gasteiger partial charge in [0.05, 0.1) is 18.0 Å². The van der Waals surface area contributed by atoms with Gasteiger partial charge in [-0.05, 0) is 24.1 Å². The summed E-state index contributed by atoms with van der Waals surface area (Å²) in [5, 5.41) is 12.4. The number of hydrogen-bond acceptors (Lipinski definition) is 7. The Morgan fingerprint density at radius 1 is 1.27 bits per heavy atom. The first-order chi connectivity index (χ1) is 14.5. The summed E-state index contributed by atoms with van der Waals surface area (Å²) in [7, 11) is 5.28. The van der Waals surface area contributed by atoms with Gasteiger partial charge in [0.25, 0.3) is 0 Å². The summed E-state index contributed by atoms with van der Waals surface area (Å²) < 4.78 is 7.35. The predicted octanol–water partition coefficient (Wildman–Crippen LogP) is 1.95. The molecule has 0 radical (unpaired) electrons. The Labute approximate surface area is 172 Å². The molecule has 0 aliphatic carbocycles. The quantitative estimate of drug-likeness (QED) is 0.532. The van der Waals surface area contributed by atoms with Crippen LogP contribution in [0.15, 0.2) is 24.4 Å².